The van der Waals surface area contributed by atoms with E-state index < -0.39 is 5.92 Å². The first kappa shape index (κ1) is 15.7. The third kappa shape index (κ3) is 4.14. The van der Waals surface area contributed by atoms with E-state index in [1.807, 2.05) is 31.2 Å². The summed E-state index contributed by atoms with van der Waals surface area (Å²) in [5.41, 5.74) is 1.07. The highest BCUT2D eigenvalue weighted by Gasteiger charge is 2.26. The van der Waals surface area contributed by atoms with Gasteiger partial charge in [-0.2, -0.15) is 4.98 Å². The second-order valence-corrected chi connectivity index (χ2v) is 5.48. The molecule has 0 aliphatic carbocycles. The van der Waals surface area contributed by atoms with Crippen molar-refractivity contribution >= 4 is 21.9 Å². The highest BCUT2D eigenvalue weighted by molar-refractivity contribution is 9.10. The first-order chi connectivity index (χ1) is 10.1. The summed E-state index contributed by atoms with van der Waals surface area (Å²) in [7, 11) is 0. The van der Waals surface area contributed by atoms with Crippen molar-refractivity contribution in [3.05, 3.63) is 46.0 Å². The van der Waals surface area contributed by atoms with Gasteiger partial charge in [-0.25, -0.2) is 0 Å². The minimum Gasteiger partial charge on any atom is -0.465 e. The Morgan fingerprint density at radius 2 is 2.24 bits per heavy atom. The molecule has 0 saturated heterocycles. The number of hydrogen-bond acceptors (Lipinski definition) is 5. The molecule has 1 atom stereocenters. The Hall–Kier alpha value is -1.69. The molecule has 0 spiro atoms. The molecule has 5 nitrogen and oxygen atoms in total. The van der Waals surface area contributed by atoms with Crippen LogP contribution in [0.3, 0.4) is 0 Å². The van der Waals surface area contributed by atoms with Gasteiger partial charge >= 0.3 is 5.97 Å². The molecule has 0 N–H and O–H groups in total. The number of rotatable bonds is 6. The summed E-state index contributed by atoms with van der Waals surface area (Å²) in [5, 5.41) is 3.94. The van der Waals surface area contributed by atoms with E-state index in [4.69, 9.17) is 9.26 Å². The number of nitrogens with zero attached hydrogens (tertiary/aromatic N) is 2. The van der Waals surface area contributed by atoms with Gasteiger partial charge in [0.05, 0.1) is 6.61 Å². The lowest BCUT2D eigenvalue weighted by atomic mass is 10.1. The van der Waals surface area contributed by atoms with Crippen LogP contribution in [-0.4, -0.2) is 22.7 Å². The lowest BCUT2D eigenvalue weighted by molar-refractivity contribution is -0.145. The summed E-state index contributed by atoms with van der Waals surface area (Å²) in [5.74, 6) is 0.0677. The number of hydrogen-bond donors (Lipinski definition) is 0. The molecule has 0 amide bonds. The summed E-state index contributed by atoms with van der Waals surface area (Å²) < 4.78 is 11.2. The Morgan fingerprint density at radius 1 is 1.43 bits per heavy atom. The van der Waals surface area contributed by atoms with Crippen LogP contribution in [0.5, 0.6) is 0 Å². The average Bonchev–Trinajstić information content (AvgIpc) is 2.88. The van der Waals surface area contributed by atoms with Crippen LogP contribution in [0.15, 0.2) is 33.3 Å². The van der Waals surface area contributed by atoms with Crippen LogP contribution in [0.1, 0.15) is 43.5 Å². The Bertz CT molecular complexity index is 612. The summed E-state index contributed by atoms with van der Waals surface area (Å²) in [6, 6.07) is 7.90. The Kier molecular flexibility index (Phi) is 5.50. The summed E-state index contributed by atoms with van der Waals surface area (Å²) in [6.07, 6.45) is 1.12. The molecule has 1 unspecified atom stereocenters. The van der Waals surface area contributed by atoms with Crippen molar-refractivity contribution in [3.8, 4) is 0 Å². The van der Waals surface area contributed by atoms with E-state index in [9.17, 15) is 4.79 Å². The molecule has 0 saturated carbocycles. The molecular weight excluding hydrogens is 336 g/mol. The highest BCUT2D eigenvalue weighted by atomic mass is 79.9. The zero-order valence-corrected chi connectivity index (χ0v) is 13.6. The van der Waals surface area contributed by atoms with Crippen molar-refractivity contribution in [2.75, 3.05) is 6.61 Å². The van der Waals surface area contributed by atoms with E-state index >= 15 is 0 Å². The van der Waals surface area contributed by atoms with Gasteiger partial charge in [0.2, 0.25) is 5.89 Å². The van der Waals surface area contributed by atoms with Gasteiger partial charge in [-0.05, 0) is 31.0 Å². The van der Waals surface area contributed by atoms with E-state index in [0.29, 0.717) is 31.2 Å². The van der Waals surface area contributed by atoms with Crippen LogP contribution >= 0.6 is 15.9 Å². The molecule has 0 radical (unpaired) electrons. The number of benzene rings is 1. The van der Waals surface area contributed by atoms with Crippen molar-refractivity contribution in [1.29, 1.82) is 0 Å². The van der Waals surface area contributed by atoms with Gasteiger partial charge in [-0.3, -0.25) is 4.79 Å². The fourth-order valence-electron chi connectivity index (χ4n) is 2.00. The molecule has 6 heteroatoms. The van der Waals surface area contributed by atoms with Gasteiger partial charge in [-0.15, -0.1) is 0 Å². The monoisotopic (exact) mass is 352 g/mol. The second kappa shape index (κ2) is 7.36. The van der Waals surface area contributed by atoms with Gasteiger partial charge in [0.25, 0.3) is 0 Å². The minimum absolute atomic E-state index is 0.320. The summed E-state index contributed by atoms with van der Waals surface area (Å²) in [4.78, 5) is 16.1. The predicted molar refractivity (Wildman–Crippen MR) is 80.9 cm³/mol. The van der Waals surface area contributed by atoms with Crippen molar-refractivity contribution in [2.24, 2.45) is 0 Å². The van der Waals surface area contributed by atoms with Crippen molar-refractivity contribution in [2.45, 2.75) is 32.6 Å². The van der Waals surface area contributed by atoms with E-state index in [0.717, 1.165) is 10.0 Å². The molecule has 0 aliphatic heterocycles. The lowest BCUT2D eigenvalue weighted by Gasteiger charge is -2.08. The minimum atomic E-state index is -0.492. The maximum atomic E-state index is 11.8. The molecule has 1 aromatic carbocycles. The fourth-order valence-corrected chi connectivity index (χ4v) is 2.44. The number of halogens is 1. The molecule has 1 aromatic heterocycles. The van der Waals surface area contributed by atoms with Crippen LogP contribution in [0.2, 0.25) is 0 Å². The molecule has 112 valence electrons. The number of esters is 1. The first-order valence-electron chi connectivity index (χ1n) is 6.87. The summed E-state index contributed by atoms with van der Waals surface area (Å²) in [6.45, 7) is 4.01. The van der Waals surface area contributed by atoms with Gasteiger partial charge < -0.3 is 9.26 Å². The van der Waals surface area contributed by atoms with E-state index in [1.165, 1.54) is 0 Å². The van der Waals surface area contributed by atoms with E-state index in [2.05, 4.69) is 26.1 Å². The maximum Gasteiger partial charge on any atom is 0.318 e. The third-order valence-corrected chi connectivity index (χ3v) is 3.51. The van der Waals surface area contributed by atoms with Crippen molar-refractivity contribution in [3.63, 3.8) is 0 Å². The zero-order chi connectivity index (χ0) is 15.2. The van der Waals surface area contributed by atoms with Crippen molar-refractivity contribution in [1.82, 2.24) is 10.1 Å². The van der Waals surface area contributed by atoms with E-state index in [-0.39, 0.29) is 5.97 Å². The smallest absolute Gasteiger partial charge is 0.318 e. The van der Waals surface area contributed by atoms with Gasteiger partial charge in [0.15, 0.2) is 5.82 Å². The molecule has 0 fully saturated rings. The molecule has 0 bridgehead atoms. The van der Waals surface area contributed by atoms with Crippen LogP contribution in [0.4, 0.5) is 0 Å². The van der Waals surface area contributed by atoms with E-state index in [1.54, 1.807) is 6.92 Å². The quantitative estimate of drug-likeness (QED) is 0.744. The average molecular weight is 353 g/mol. The number of carbonyl (C=O) groups excluding carboxylic acids is 1. The SMILES string of the molecule is CCOC(=O)C(CC)c1nc(Cc2cccc(Br)c2)no1. The molecule has 2 rings (SSSR count). The Labute approximate surface area is 131 Å². The fraction of sp³-hybridized carbons (Fsp3) is 0.400. The van der Waals surface area contributed by atoms with Crippen LogP contribution in [0, 0.1) is 0 Å². The standard InChI is InChI=1S/C15H17BrN2O3/c1-3-12(15(19)20-4-2)14-17-13(18-21-14)9-10-6-5-7-11(16)8-10/h5-8,12H,3-4,9H2,1-2H3. The molecule has 0 aliphatic rings. The Morgan fingerprint density at radius 3 is 2.90 bits per heavy atom. The normalized spacial score (nSPS) is 12.1. The second-order valence-electron chi connectivity index (χ2n) is 4.57. The topological polar surface area (TPSA) is 65.2 Å². The largest absolute Gasteiger partial charge is 0.465 e. The van der Waals surface area contributed by atoms with Gasteiger partial charge in [0.1, 0.15) is 5.92 Å². The summed E-state index contributed by atoms with van der Waals surface area (Å²) >= 11 is 3.43. The van der Waals surface area contributed by atoms with Gasteiger partial charge in [0, 0.05) is 10.9 Å². The maximum absolute atomic E-state index is 11.8. The predicted octanol–water partition coefficient (Wildman–Crippen LogP) is 3.48. The molecular formula is C15H17BrN2O3. The number of aromatic nitrogens is 2. The van der Waals surface area contributed by atoms with Crippen LogP contribution in [0.25, 0.3) is 0 Å². The molecule has 21 heavy (non-hydrogen) atoms. The molecule has 1 heterocycles. The lowest BCUT2D eigenvalue weighted by Crippen LogP contribution is -2.15. The third-order valence-electron chi connectivity index (χ3n) is 3.01. The van der Waals surface area contributed by atoms with Crippen LogP contribution < -0.4 is 0 Å². The van der Waals surface area contributed by atoms with Crippen LogP contribution in [-0.2, 0) is 16.0 Å². The number of carbonyl (C=O) groups is 1. The highest BCUT2D eigenvalue weighted by Crippen LogP contribution is 2.20. The Balaban J connectivity index is 2.11. The van der Waals surface area contributed by atoms with Gasteiger partial charge in [-0.1, -0.05) is 40.1 Å². The first-order valence-corrected chi connectivity index (χ1v) is 7.66. The number of ether oxygens (including phenoxy) is 1. The molecule has 2 aromatic rings. The van der Waals surface area contributed by atoms with Crippen molar-refractivity contribution < 1.29 is 14.1 Å². The zero-order valence-electron chi connectivity index (χ0n) is 12.0.